The van der Waals surface area contributed by atoms with E-state index in [0.717, 1.165) is 6.20 Å². The number of hydrogen-bond acceptors (Lipinski definition) is 5. The van der Waals surface area contributed by atoms with E-state index in [4.69, 9.17) is 9.15 Å². The van der Waals surface area contributed by atoms with Crippen molar-refractivity contribution in [3.05, 3.63) is 54.0 Å². The van der Waals surface area contributed by atoms with Crippen molar-refractivity contribution in [2.75, 3.05) is 19.8 Å². The molecule has 0 spiro atoms. The maximum absolute atomic E-state index is 13.8. The first-order valence-electron chi connectivity index (χ1n) is 7.21. The van der Waals surface area contributed by atoms with Crippen molar-refractivity contribution in [3.8, 4) is 0 Å². The third-order valence-corrected chi connectivity index (χ3v) is 3.71. The second-order valence-corrected chi connectivity index (χ2v) is 5.19. The van der Waals surface area contributed by atoms with Crippen LogP contribution in [-0.4, -0.2) is 47.4 Å². The molecule has 0 aromatic carbocycles. The molecule has 0 radical (unpaired) electrons. The van der Waals surface area contributed by atoms with E-state index < -0.39 is 17.8 Å². The van der Waals surface area contributed by atoms with Gasteiger partial charge in [0.1, 0.15) is 0 Å². The Hall–Kier alpha value is -2.54. The van der Waals surface area contributed by atoms with Gasteiger partial charge in [-0.25, -0.2) is 4.39 Å². The Morgan fingerprint density at radius 3 is 3.00 bits per heavy atom. The molecular weight excluding hydrogens is 303 g/mol. The number of morpholine rings is 1. The van der Waals surface area contributed by atoms with Gasteiger partial charge in [0.15, 0.2) is 17.4 Å². The van der Waals surface area contributed by atoms with E-state index in [1.165, 1.54) is 23.4 Å². The van der Waals surface area contributed by atoms with E-state index in [-0.39, 0.29) is 30.1 Å². The van der Waals surface area contributed by atoms with Gasteiger partial charge in [-0.15, -0.1) is 0 Å². The van der Waals surface area contributed by atoms with Crippen LogP contribution in [-0.2, 0) is 4.74 Å². The van der Waals surface area contributed by atoms with Crippen LogP contribution >= 0.6 is 0 Å². The number of ether oxygens (including phenoxy) is 1. The van der Waals surface area contributed by atoms with Crippen LogP contribution in [0.5, 0.6) is 0 Å². The number of hydrogen-bond donors (Lipinski definition) is 0. The van der Waals surface area contributed by atoms with E-state index in [0.29, 0.717) is 13.2 Å². The van der Waals surface area contributed by atoms with Gasteiger partial charge in [-0.05, 0) is 18.2 Å². The Morgan fingerprint density at radius 1 is 1.39 bits per heavy atom. The van der Waals surface area contributed by atoms with Gasteiger partial charge in [-0.3, -0.25) is 14.6 Å². The number of carbonyl (C=O) groups is 2. The molecule has 120 valence electrons. The summed E-state index contributed by atoms with van der Waals surface area (Å²) in [5, 5.41) is 0. The maximum atomic E-state index is 13.8. The van der Waals surface area contributed by atoms with Crippen LogP contribution in [0.15, 0.2) is 41.3 Å². The SMILES string of the molecule is O=C(C[C@H]1COCCN1C(=O)c1ccncc1F)c1ccco1. The molecule has 0 aliphatic carbocycles. The van der Waals surface area contributed by atoms with Crippen LogP contribution in [0, 0.1) is 5.82 Å². The third-order valence-electron chi connectivity index (χ3n) is 3.71. The van der Waals surface area contributed by atoms with Crippen LogP contribution in [0.1, 0.15) is 27.3 Å². The Labute approximate surface area is 131 Å². The minimum absolute atomic E-state index is 0.0580. The van der Waals surface area contributed by atoms with Gasteiger partial charge in [0, 0.05) is 19.2 Å². The van der Waals surface area contributed by atoms with Crippen molar-refractivity contribution in [3.63, 3.8) is 0 Å². The fraction of sp³-hybridized carbons (Fsp3) is 0.312. The van der Waals surface area contributed by atoms with Crippen molar-refractivity contribution < 1.29 is 23.1 Å². The fourth-order valence-electron chi connectivity index (χ4n) is 2.55. The number of halogens is 1. The Morgan fingerprint density at radius 2 is 2.26 bits per heavy atom. The third kappa shape index (κ3) is 3.29. The minimum atomic E-state index is -0.680. The first kappa shape index (κ1) is 15.4. The summed E-state index contributed by atoms with van der Waals surface area (Å²) in [6.45, 7) is 0.880. The molecule has 1 aliphatic rings. The number of rotatable bonds is 4. The molecule has 1 aliphatic heterocycles. The van der Waals surface area contributed by atoms with Gasteiger partial charge in [0.05, 0.1) is 37.3 Å². The number of pyridine rings is 1. The predicted octanol–water partition coefficient (Wildman–Crippen LogP) is 1.93. The molecule has 23 heavy (non-hydrogen) atoms. The Balaban J connectivity index is 1.77. The second-order valence-electron chi connectivity index (χ2n) is 5.19. The monoisotopic (exact) mass is 318 g/mol. The van der Waals surface area contributed by atoms with Crippen LogP contribution in [0.2, 0.25) is 0 Å². The smallest absolute Gasteiger partial charge is 0.257 e. The van der Waals surface area contributed by atoms with Gasteiger partial charge < -0.3 is 14.1 Å². The van der Waals surface area contributed by atoms with E-state index >= 15 is 0 Å². The summed E-state index contributed by atoms with van der Waals surface area (Å²) in [7, 11) is 0. The standard InChI is InChI=1S/C16H15FN2O4/c17-13-9-18-4-3-12(13)16(21)19-5-7-22-10-11(19)8-14(20)15-2-1-6-23-15/h1-4,6,9,11H,5,7-8,10H2/t11-/m0/s1. The van der Waals surface area contributed by atoms with E-state index in [1.807, 2.05) is 0 Å². The molecule has 6 nitrogen and oxygen atoms in total. The lowest BCUT2D eigenvalue weighted by atomic mass is 10.1. The molecule has 0 N–H and O–H groups in total. The molecule has 2 aromatic rings. The highest BCUT2D eigenvalue weighted by Gasteiger charge is 2.31. The van der Waals surface area contributed by atoms with Crippen LogP contribution < -0.4 is 0 Å². The topological polar surface area (TPSA) is 72.6 Å². The number of Topliss-reactive ketones (excluding diaryl/α,β-unsaturated/α-hetero) is 1. The summed E-state index contributed by atoms with van der Waals surface area (Å²) >= 11 is 0. The molecule has 2 aromatic heterocycles. The summed E-state index contributed by atoms with van der Waals surface area (Å²) in [5.74, 6) is -1.14. The summed E-state index contributed by atoms with van der Waals surface area (Å²) < 4.78 is 24.2. The lowest BCUT2D eigenvalue weighted by molar-refractivity contribution is -0.00326. The molecule has 3 heterocycles. The minimum Gasteiger partial charge on any atom is -0.461 e. The molecule has 3 rings (SSSR count). The van der Waals surface area contributed by atoms with Gasteiger partial charge in [0.2, 0.25) is 0 Å². The molecular formula is C16H15FN2O4. The van der Waals surface area contributed by atoms with E-state index in [2.05, 4.69) is 4.98 Å². The predicted molar refractivity (Wildman–Crippen MR) is 77.5 cm³/mol. The zero-order chi connectivity index (χ0) is 16.2. The highest BCUT2D eigenvalue weighted by molar-refractivity contribution is 5.96. The molecule has 1 amide bonds. The second kappa shape index (κ2) is 6.70. The molecule has 0 saturated carbocycles. The van der Waals surface area contributed by atoms with Crippen molar-refractivity contribution >= 4 is 11.7 Å². The molecule has 0 bridgehead atoms. The molecule has 1 atom stereocenters. The summed E-state index contributed by atoms with van der Waals surface area (Å²) in [5.41, 5.74) is -0.0580. The number of furan rings is 1. The van der Waals surface area contributed by atoms with Gasteiger partial charge in [0.25, 0.3) is 5.91 Å². The summed E-state index contributed by atoms with van der Waals surface area (Å²) in [6.07, 6.45) is 3.84. The lowest BCUT2D eigenvalue weighted by Crippen LogP contribution is -2.49. The normalized spacial score (nSPS) is 18.0. The highest BCUT2D eigenvalue weighted by atomic mass is 19.1. The fourth-order valence-corrected chi connectivity index (χ4v) is 2.55. The Kier molecular flexibility index (Phi) is 4.47. The van der Waals surface area contributed by atoms with E-state index in [1.54, 1.807) is 12.1 Å². The maximum Gasteiger partial charge on any atom is 0.257 e. The number of aromatic nitrogens is 1. The quantitative estimate of drug-likeness (QED) is 0.805. The summed E-state index contributed by atoms with van der Waals surface area (Å²) in [4.78, 5) is 29.9. The number of nitrogens with zero attached hydrogens (tertiary/aromatic N) is 2. The van der Waals surface area contributed by atoms with Gasteiger partial charge >= 0.3 is 0 Å². The number of amides is 1. The highest BCUT2D eigenvalue weighted by Crippen LogP contribution is 2.18. The number of carbonyl (C=O) groups excluding carboxylic acids is 2. The van der Waals surface area contributed by atoms with Crippen molar-refractivity contribution in [1.82, 2.24) is 9.88 Å². The van der Waals surface area contributed by atoms with Crippen LogP contribution in [0.3, 0.4) is 0 Å². The first-order chi connectivity index (χ1) is 11.2. The van der Waals surface area contributed by atoms with Crippen molar-refractivity contribution in [2.45, 2.75) is 12.5 Å². The average molecular weight is 318 g/mol. The summed E-state index contributed by atoms with van der Waals surface area (Å²) in [6, 6.07) is 4.07. The largest absolute Gasteiger partial charge is 0.461 e. The first-order valence-corrected chi connectivity index (χ1v) is 7.21. The van der Waals surface area contributed by atoms with E-state index in [9.17, 15) is 14.0 Å². The lowest BCUT2D eigenvalue weighted by Gasteiger charge is -2.35. The molecule has 0 unspecified atom stereocenters. The Bertz CT molecular complexity index is 702. The average Bonchev–Trinajstić information content (AvgIpc) is 3.10. The zero-order valence-electron chi connectivity index (χ0n) is 12.3. The zero-order valence-corrected chi connectivity index (χ0v) is 12.3. The number of ketones is 1. The van der Waals surface area contributed by atoms with Crippen LogP contribution in [0.4, 0.5) is 4.39 Å². The van der Waals surface area contributed by atoms with Gasteiger partial charge in [-0.2, -0.15) is 0 Å². The van der Waals surface area contributed by atoms with Gasteiger partial charge in [-0.1, -0.05) is 0 Å². The molecule has 1 fully saturated rings. The molecule has 1 saturated heterocycles. The van der Waals surface area contributed by atoms with Crippen molar-refractivity contribution in [2.24, 2.45) is 0 Å². The van der Waals surface area contributed by atoms with Crippen LogP contribution in [0.25, 0.3) is 0 Å². The molecule has 7 heteroatoms. The van der Waals surface area contributed by atoms with Crippen molar-refractivity contribution in [1.29, 1.82) is 0 Å².